The predicted molar refractivity (Wildman–Crippen MR) is 158 cm³/mol. The normalized spacial score (nSPS) is 18.5. The second-order valence-corrected chi connectivity index (χ2v) is 12.3. The number of carbonyl (C=O) groups excluding carboxylic acids is 1. The Morgan fingerprint density at radius 2 is 1.84 bits per heavy atom. The van der Waals surface area contributed by atoms with Crippen LogP contribution in [0.4, 0.5) is 11.4 Å². The molecule has 0 aliphatic carbocycles. The number of carbonyl (C=O) groups is 1. The minimum Gasteiger partial charge on any atom is -0.334 e. The lowest BCUT2D eigenvalue weighted by atomic mass is 10.1. The van der Waals surface area contributed by atoms with E-state index in [0.29, 0.717) is 21.6 Å². The fourth-order valence-corrected chi connectivity index (χ4v) is 7.87. The first kappa shape index (κ1) is 24.6. The molecular weight excluding hydrogens is 540 g/mol. The van der Waals surface area contributed by atoms with Crippen LogP contribution in [0.15, 0.2) is 86.6 Å². The summed E-state index contributed by atoms with van der Waals surface area (Å²) in [5, 5.41) is 3.36. The maximum absolute atomic E-state index is 13.9. The van der Waals surface area contributed by atoms with Crippen LogP contribution in [-0.4, -0.2) is 34.0 Å². The number of aliphatic imine (C=N–C) groups is 1. The van der Waals surface area contributed by atoms with Crippen molar-refractivity contribution in [3.63, 3.8) is 0 Å². The number of thiazole rings is 1. The molecule has 37 heavy (non-hydrogen) atoms. The summed E-state index contributed by atoms with van der Waals surface area (Å²) < 4.78 is 1.10. The Balaban J connectivity index is 1.39. The van der Waals surface area contributed by atoms with Gasteiger partial charge in [0.2, 0.25) is 0 Å². The highest BCUT2D eigenvalue weighted by Crippen LogP contribution is 2.51. The minimum absolute atomic E-state index is 0.00533. The van der Waals surface area contributed by atoms with Crippen molar-refractivity contribution in [2.24, 2.45) is 4.99 Å². The topological polar surface area (TPSA) is 48.8 Å². The van der Waals surface area contributed by atoms with Crippen LogP contribution in [0.5, 0.6) is 0 Å². The summed E-state index contributed by atoms with van der Waals surface area (Å²) in [5.74, 6) is -0.00533. The van der Waals surface area contributed by atoms with Gasteiger partial charge in [0, 0.05) is 23.0 Å². The quantitative estimate of drug-likeness (QED) is 0.232. The van der Waals surface area contributed by atoms with Crippen LogP contribution in [0.1, 0.15) is 17.5 Å². The SMILES string of the molecule is CCN1/C(=C2/SC(=Nc3ccc4nc(C)sc4c3)N(CCc3ccccc3)C2=O)Sc2ccc(Cl)cc21. The zero-order valence-corrected chi connectivity index (χ0v) is 23.5. The van der Waals surface area contributed by atoms with E-state index in [0.717, 1.165) is 49.5 Å². The van der Waals surface area contributed by atoms with Gasteiger partial charge in [-0.05, 0) is 74.0 Å². The second kappa shape index (κ2) is 10.2. The molecule has 1 fully saturated rings. The van der Waals surface area contributed by atoms with Gasteiger partial charge in [-0.25, -0.2) is 9.98 Å². The molecule has 0 atom stereocenters. The van der Waals surface area contributed by atoms with Gasteiger partial charge in [-0.2, -0.15) is 0 Å². The maximum Gasteiger partial charge on any atom is 0.269 e. The Labute approximate surface area is 233 Å². The van der Waals surface area contributed by atoms with E-state index in [-0.39, 0.29) is 5.91 Å². The molecule has 0 bridgehead atoms. The van der Waals surface area contributed by atoms with Crippen LogP contribution >= 0.6 is 46.5 Å². The number of benzene rings is 3. The van der Waals surface area contributed by atoms with E-state index in [4.69, 9.17) is 16.6 Å². The third-order valence-electron chi connectivity index (χ3n) is 6.21. The molecule has 5 nitrogen and oxygen atoms in total. The number of nitrogens with zero attached hydrogens (tertiary/aromatic N) is 4. The van der Waals surface area contributed by atoms with Crippen LogP contribution in [0.25, 0.3) is 10.2 Å². The van der Waals surface area contributed by atoms with Gasteiger partial charge in [0.15, 0.2) is 5.17 Å². The van der Waals surface area contributed by atoms with E-state index >= 15 is 0 Å². The first-order valence-electron chi connectivity index (χ1n) is 12.0. The Hall–Kier alpha value is -2.78. The molecule has 3 heterocycles. The van der Waals surface area contributed by atoms with Gasteiger partial charge >= 0.3 is 0 Å². The fourth-order valence-electron chi connectivity index (χ4n) is 4.45. The van der Waals surface area contributed by atoms with Gasteiger partial charge < -0.3 is 4.90 Å². The van der Waals surface area contributed by atoms with Gasteiger partial charge in [0.25, 0.3) is 5.91 Å². The highest BCUT2D eigenvalue weighted by molar-refractivity contribution is 8.19. The molecule has 0 radical (unpaired) electrons. The van der Waals surface area contributed by atoms with E-state index in [1.807, 2.05) is 60.4 Å². The highest BCUT2D eigenvalue weighted by atomic mass is 35.5. The lowest BCUT2D eigenvalue weighted by molar-refractivity contribution is -0.122. The Kier molecular flexibility index (Phi) is 6.75. The third-order valence-corrected chi connectivity index (χ3v) is 9.76. The number of amides is 1. The maximum atomic E-state index is 13.9. The number of aromatic nitrogens is 1. The van der Waals surface area contributed by atoms with E-state index in [2.05, 4.69) is 35.0 Å². The lowest BCUT2D eigenvalue weighted by Crippen LogP contribution is -2.32. The molecule has 2 aliphatic heterocycles. The molecule has 0 saturated carbocycles. The predicted octanol–water partition coefficient (Wildman–Crippen LogP) is 7.87. The molecule has 2 aliphatic rings. The van der Waals surface area contributed by atoms with Crippen molar-refractivity contribution in [2.75, 3.05) is 18.0 Å². The minimum atomic E-state index is -0.00533. The van der Waals surface area contributed by atoms with Gasteiger partial charge in [-0.15, -0.1) is 11.3 Å². The van der Waals surface area contributed by atoms with Crippen molar-refractivity contribution in [1.82, 2.24) is 9.88 Å². The monoisotopic (exact) mass is 562 g/mol. The van der Waals surface area contributed by atoms with E-state index in [9.17, 15) is 4.79 Å². The largest absolute Gasteiger partial charge is 0.334 e. The number of aryl methyl sites for hydroxylation is 1. The molecule has 9 heteroatoms. The summed E-state index contributed by atoms with van der Waals surface area (Å²) in [5.41, 5.74) is 4.03. The number of hydrogen-bond acceptors (Lipinski definition) is 7. The van der Waals surface area contributed by atoms with Crippen molar-refractivity contribution in [3.8, 4) is 0 Å². The van der Waals surface area contributed by atoms with Crippen molar-refractivity contribution in [3.05, 3.63) is 92.3 Å². The average Bonchev–Trinajstić information content (AvgIpc) is 3.54. The summed E-state index contributed by atoms with van der Waals surface area (Å²) in [6, 6.07) is 22.2. The van der Waals surface area contributed by atoms with Crippen molar-refractivity contribution in [1.29, 1.82) is 0 Å². The molecule has 0 N–H and O–H groups in total. The van der Waals surface area contributed by atoms with Crippen LogP contribution in [-0.2, 0) is 11.2 Å². The Morgan fingerprint density at radius 1 is 1.00 bits per heavy atom. The highest BCUT2D eigenvalue weighted by Gasteiger charge is 2.39. The van der Waals surface area contributed by atoms with Crippen molar-refractivity contribution >= 4 is 79.1 Å². The summed E-state index contributed by atoms with van der Waals surface area (Å²) in [6.07, 6.45) is 0.752. The molecular formula is C28H23ClN4OS3. The van der Waals surface area contributed by atoms with E-state index in [1.165, 1.54) is 17.3 Å². The molecule has 1 saturated heterocycles. The average molecular weight is 563 g/mol. The molecule has 3 aromatic carbocycles. The van der Waals surface area contributed by atoms with Gasteiger partial charge in [-0.1, -0.05) is 53.7 Å². The van der Waals surface area contributed by atoms with Crippen molar-refractivity contribution in [2.45, 2.75) is 25.2 Å². The number of anilines is 1. The number of fused-ring (bicyclic) bond motifs is 2. The number of thioether (sulfide) groups is 2. The summed E-state index contributed by atoms with van der Waals surface area (Å²) in [6.45, 7) is 5.40. The summed E-state index contributed by atoms with van der Waals surface area (Å²) >= 11 is 11.0. The number of rotatable bonds is 5. The zero-order valence-electron chi connectivity index (χ0n) is 20.3. The molecule has 0 unspecified atom stereocenters. The molecule has 4 aromatic rings. The van der Waals surface area contributed by atoms with Gasteiger partial charge in [-0.3, -0.25) is 9.69 Å². The smallest absolute Gasteiger partial charge is 0.269 e. The molecule has 186 valence electrons. The zero-order chi connectivity index (χ0) is 25.5. The first-order chi connectivity index (χ1) is 18.0. The Bertz CT molecular complexity index is 1580. The standard InChI is InChI=1S/C28H23ClN4OS3/c1-3-32-22-15-19(29)9-12-23(22)36-27(32)25-26(34)33(14-13-18-7-5-4-6-8-18)28(37-25)31-20-10-11-21-24(16-20)35-17(2)30-21/h4-12,15-16H,3,13-14H2,1-2H3/b27-25-,31-28?. The number of hydrogen-bond donors (Lipinski definition) is 0. The summed E-state index contributed by atoms with van der Waals surface area (Å²) in [4.78, 5) is 29.3. The van der Waals surface area contributed by atoms with Crippen LogP contribution in [0.2, 0.25) is 5.02 Å². The second-order valence-electron chi connectivity index (χ2n) is 8.67. The first-order valence-corrected chi connectivity index (χ1v) is 14.8. The fraction of sp³-hybridized carbons (Fsp3) is 0.179. The molecule has 0 spiro atoms. The third kappa shape index (κ3) is 4.79. The van der Waals surface area contributed by atoms with Crippen LogP contribution in [0, 0.1) is 6.92 Å². The van der Waals surface area contributed by atoms with Gasteiger partial charge in [0.05, 0.1) is 26.6 Å². The Morgan fingerprint density at radius 3 is 2.65 bits per heavy atom. The lowest BCUT2D eigenvalue weighted by Gasteiger charge is -2.19. The number of halogens is 1. The molecule has 1 aromatic heterocycles. The molecule has 6 rings (SSSR count). The van der Waals surface area contributed by atoms with Crippen LogP contribution < -0.4 is 4.90 Å². The van der Waals surface area contributed by atoms with E-state index in [1.54, 1.807) is 23.1 Å². The van der Waals surface area contributed by atoms with E-state index < -0.39 is 0 Å². The number of amidine groups is 1. The van der Waals surface area contributed by atoms with Crippen molar-refractivity contribution < 1.29 is 4.79 Å². The summed E-state index contributed by atoms with van der Waals surface area (Å²) in [7, 11) is 0. The van der Waals surface area contributed by atoms with Crippen LogP contribution in [0.3, 0.4) is 0 Å². The van der Waals surface area contributed by atoms with Gasteiger partial charge in [0.1, 0.15) is 9.93 Å². The molecule has 1 amide bonds.